The molecule has 0 N–H and O–H groups in total. The van der Waals surface area contributed by atoms with Gasteiger partial charge >= 0.3 is 12.4 Å². The lowest BCUT2D eigenvalue weighted by atomic mass is 10.0. The molecule has 0 bridgehead atoms. The number of halogens is 6. The monoisotopic (exact) mass is 402 g/mol. The molecule has 2 saturated heterocycles. The summed E-state index contributed by atoms with van der Waals surface area (Å²) in [6.45, 7) is 0. The summed E-state index contributed by atoms with van der Waals surface area (Å²) in [5, 5.41) is 0. The Balaban J connectivity index is 1.43. The quantitative estimate of drug-likeness (QED) is 0.541. The average Bonchev–Trinajstić information content (AvgIpc) is 3.53. The number of alkyl halides is 6. The molecular formula is C19H12F6O3. The Labute approximate surface area is 154 Å². The second-order valence-electron chi connectivity index (χ2n) is 6.60. The Bertz CT molecular complexity index is 847. The summed E-state index contributed by atoms with van der Waals surface area (Å²) < 4.78 is 87.2. The predicted molar refractivity (Wildman–Crippen MR) is 83.1 cm³/mol. The van der Waals surface area contributed by atoms with Gasteiger partial charge < -0.3 is 9.47 Å². The van der Waals surface area contributed by atoms with Crippen molar-refractivity contribution in [2.45, 2.75) is 36.8 Å². The van der Waals surface area contributed by atoms with Crippen molar-refractivity contribution in [3.8, 4) is 0 Å². The Morgan fingerprint density at radius 1 is 0.714 bits per heavy atom. The summed E-state index contributed by atoms with van der Waals surface area (Å²) in [5.74, 6) is -0.496. The zero-order valence-electron chi connectivity index (χ0n) is 13.9. The molecule has 4 rings (SSSR count). The fourth-order valence-electron chi connectivity index (χ4n) is 3.11. The molecular weight excluding hydrogens is 390 g/mol. The van der Waals surface area contributed by atoms with Crippen LogP contribution in [0.4, 0.5) is 26.3 Å². The Hall–Kier alpha value is -2.39. The molecule has 0 amide bonds. The highest BCUT2D eigenvalue weighted by Crippen LogP contribution is 2.48. The number of epoxide rings is 2. The molecule has 2 fully saturated rings. The minimum atomic E-state index is -4.52. The number of hydrogen-bond acceptors (Lipinski definition) is 3. The second kappa shape index (κ2) is 6.31. The number of ether oxygens (including phenoxy) is 2. The van der Waals surface area contributed by atoms with Gasteiger partial charge in [0.05, 0.1) is 11.1 Å². The van der Waals surface area contributed by atoms with Crippen molar-refractivity contribution in [3.63, 3.8) is 0 Å². The first kappa shape index (κ1) is 18.9. The molecule has 2 aromatic rings. The molecule has 0 aromatic heterocycles. The molecule has 2 heterocycles. The van der Waals surface area contributed by atoms with Crippen LogP contribution in [0.2, 0.25) is 0 Å². The van der Waals surface area contributed by atoms with Gasteiger partial charge in [-0.15, -0.1) is 0 Å². The van der Waals surface area contributed by atoms with Crippen molar-refractivity contribution in [1.29, 1.82) is 0 Å². The Morgan fingerprint density at radius 2 is 1.11 bits per heavy atom. The zero-order valence-corrected chi connectivity index (χ0v) is 13.9. The number of ketones is 1. The lowest BCUT2D eigenvalue weighted by Crippen LogP contribution is -2.16. The van der Waals surface area contributed by atoms with E-state index in [4.69, 9.17) is 9.47 Å². The van der Waals surface area contributed by atoms with Crippen molar-refractivity contribution < 1.29 is 40.6 Å². The number of Topliss-reactive ketones (excluding diaryl/α,β-unsaturated/α-hetero) is 1. The summed E-state index contributed by atoms with van der Waals surface area (Å²) in [7, 11) is 0. The minimum absolute atomic E-state index is 0.212. The summed E-state index contributed by atoms with van der Waals surface area (Å²) in [6, 6.07) is 8.94. The van der Waals surface area contributed by atoms with Crippen LogP contribution >= 0.6 is 0 Å². The standard InChI is InChI=1S/C19H12F6O3/c20-18(21,22)11-5-1-3-9(7-11)14-16(27-14)13(26)17-15(28-17)10-4-2-6-12(8-10)19(23,24)25/h1-8,14-17H. The molecule has 2 aliphatic rings. The van der Waals surface area contributed by atoms with E-state index in [1.807, 2.05) is 0 Å². The van der Waals surface area contributed by atoms with Gasteiger partial charge in [-0.05, 0) is 35.4 Å². The molecule has 4 atom stereocenters. The number of carbonyl (C=O) groups is 1. The first-order valence-electron chi connectivity index (χ1n) is 8.24. The van der Waals surface area contributed by atoms with Gasteiger partial charge in [0.25, 0.3) is 0 Å². The van der Waals surface area contributed by atoms with Crippen LogP contribution in [0.25, 0.3) is 0 Å². The molecule has 0 saturated carbocycles. The summed E-state index contributed by atoms with van der Waals surface area (Å²) >= 11 is 0. The van der Waals surface area contributed by atoms with Crippen molar-refractivity contribution in [2.75, 3.05) is 0 Å². The lowest BCUT2D eigenvalue weighted by molar-refractivity contribution is -0.138. The molecule has 0 aliphatic carbocycles. The highest BCUT2D eigenvalue weighted by atomic mass is 19.4. The fourth-order valence-corrected chi connectivity index (χ4v) is 3.11. The lowest BCUT2D eigenvalue weighted by Gasteiger charge is -2.07. The third kappa shape index (κ3) is 3.64. The van der Waals surface area contributed by atoms with Crippen molar-refractivity contribution in [1.82, 2.24) is 0 Å². The van der Waals surface area contributed by atoms with Crippen molar-refractivity contribution >= 4 is 5.78 Å². The second-order valence-corrected chi connectivity index (χ2v) is 6.60. The van der Waals surface area contributed by atoms with E-state index in [1.165, 1.54) is 24.3 Å². The third-order valence-electron chi connectivity index (χ3n) is 4.63. The van der Waals surface area contributed by atoms with Crippen LogP contribution in [0.1, 0.15) is 34.5 Å². The molecule has 0 spiro atoms. The van der Waals surface area contributed by atoms with Gasteiger partial charge in [0.1, 0.15) is 24.4 Å². The Morgan fingerprint density at radius 3 is 1.46 bits per heavy atom. The van der Waals surface area contributed by atoms with E-state index in [0.29, 0.717) is 0 Å². The largest absolute Gasteiger partial charge is 0.416 e. The van der Waals surface area contributed by atoms with Gasteiger partial charge in [0.2, 0.25) is 0 Å². The molecule has 2 aliphatic heterocycles. The molecule has 148 valence electrons. The highest BCUT2D eigenvalue weighted by Gasteiger charge is 2.56. The van der Waals surface area contributed by atoms with Crippen LogP contribution in [-0.4, -0.2) is 18.0 Å². The van der Waals surface area contributed by atoms with Gasteiger partial charge in [-0.25, -0.2) is 0 Å². The van der Waals surface area contributed by atoms with E-state index < -0.39 is 53.7 Å². The smallest absolute Gasteiger partial charge is 0.356 e. The first-order chi connectivity index (χ1) is 13.1. The molecule has 3 nitrogen and oxygen atoms in total. The summed E-state index contributed by atoms with van der Waals surface area (Å²) in [6.07, 6.45) is -12.6. The topological polar surface area (TPSA) is 42.1 Å². The fraction of sp³-hybridized carbons (Fsp3) is 0.316. The molecule has 2 aromatic carbocycles. The summed E-state index contributed by atoms with van der Waals surface area (Å²) in [5.41, 5.74) is -1.28. The first-order valence-corrected chi connectivity index (χ1v) is 8.24. The third-order valence-corrected chi connectivity index (χ3v) is 4.63. The van der Waals surface area contributed by atoms with Crippen LogP contribution in [0.3, 0.4) is 0 Å². The predicted octanol–water partition coefficient (Wildman–Crippen LogP) is 4.87. The van der Waals surface area contributed by atoms with E-state index in [1.54, 1.807) is 0 Å². The summed E-state index contributed by atoms with van der Waals surface area (Å²) in [4.78, 5) is 12.4. The number of benzene rings is 2. The maximum Gasteiger partial charge on any atom is 0.416 e. The van der Waals surface area contributed by atoms with E-state index in [-0.39, 0.29) is 11.1 Å². The molecule has 28 heavy (non-hydrogen) atoms. The van der Waals surface area contributed by atoms with Crippen LogP contribution in [0.5, 0.6) is 0 Å². The maximum atomic E-state index is 12.8. The molecule has 0 radical (unpaired) electrons. The van der Waals surface area contributed by atoms with E-state index in [2.05, 4.69) is 0 Å². The van der Waals surface area contributed by atoms with Crippen molar-refractivity contribution in [2.24, 2.45) is 0 Å². The van der Waals surface area contributed by atoms with E-state index >= 15 is 0 Å². The van der Waals surface area contributed by atoms with Gasteiger partial charge in [-0.3, -0.25) is 4.79 Å². The van der Waals surface area contributed by atoms with Gasteiger partial charge in [0, 0.05) is 0 Å². The highest BCUT2D eigenvalue weighted by molar-refractivity contribution is 5.92. The molecule has 4 unspecified atom stereocenters. The zero-order chi connectivity index (χ0) is 20.3. The van der Waals surface area contributed by atoms with Crippen LogP contribution in [0, 0.1) is 0 Å². The van der Waals surface area contributed by atoms with Crippen LogP contribution in [0.15, 0.2) is 48.5 Å². The van der Waals surface area contributed by atoms with Crippen LogP contribution < -0.4 is 0 Å². The van der Waals surface area contributed by atoms with E-state index in [9.17, 15) is 31.1 Å². The number of carbonyl (C=O) groups excluding carboxylic acids is 1. The minimum Gasteiger partial charge on any atom is -0.356 e. The Kier molecular flexibility index (Phi) is 4.27. The normalized spacial score (nSPS) is 26.8. The molecule has 9 heteroatoms. The number of hydrogen-bond donors (Lipinski definition) is 0. The van der Waals surface area contributed by atoms with Crippen LogP contribution in [-0.2, 0) is 26.6 Å². The van der Waals surface area contributed by atoms with Gasteiger partial charge in [-0.2, -0.15) is 26.3 Å². The van der Waals surface area contributed by atoms with Gasteiger partial charge in [0.15, 0.2) is 5.78 Å². The average molecular weight is 402 g/mol. The number of rotatable bonds is 4. The SMILES string of the molecule is O=C(C1OC1c1cccc(C(F)(F)F)c1)C1OC1c1cccc(C(F)(F)F)c1. The van der Waals surface area contributed by atoms with E-state index in [0.717, 1.165) is 24.3 Å². The maximum absolute atomic E-state index is 12.8. The van der Waals surface area contributed by atoms with Crippen molar-refractivity contribution in [3.05, 3.63) is 70.8 Å². The van der Waals surface area contributed by atoms with Gasteiger partial charge in [-0.1, -0.05) is 24.3 Å².